The van der Waals surface area contributed by atoms with E-state index < -0.39 is 5.41 Å². The molecule has 0 amide bonds. The molecule has 0 spiro atoms. The first-order valence-electron chi connectivity index (χ1n) is 18.2. The summed E-state index contributed by atoms with van der Waals surface area (Å²) in [7, 11) is 0. The smallest absolute Gasteiger partial charge is 0.102 e. The van der Waals surface area contributed by atoms with Gasteiger partial charge in [0.2, 0.25) is 0 Å². The third-order valence-electron chi connectivity index (χ3n) is 10.1. The Morgan fingerprint density at radius 3 is 1.20 bits per heavy atom. The topological polar surface area (TPSA) is 9.86 Å². The van der Waals surface area contributed by atoms with Crippen LogP contribution in [0.25, 0.3) is 32.9 Å². The Bertz CT molecular complexity index is 2170. The summed E-state index contributed by atoms with van der Waals surface area (Å²) < 4.78 is 5.07. The summed E-state index contributed by atoms with van der Waals surface area (Å²) in [6, 6.07) is 61.7. The van der Waals surface area contributed by atoms with E-state index in [4.69, 9.17) is 0 Å². The van der Waals surface area contributed by atoms with Gasteiger partial charge in [-0.15, -0.1) is 0 Å². The highest BCUT2D eigenvalue weighted by Crippen LogP contribution is 2.57. The number of benzene rings is 6. The minimum absolute atomic E-state index is 0.406. The lowest BCUT2D eigenvalue weighted by Gasteiger charge is -2.35. The fourth-order valence-electron chi connectivity index (χ4n) is 8.07. The van der Waals surface area contributed by atoms with E-state index in [9.17, 15) is 0 Å². The van der Waals surface area contributed by atoms with E-state index in [0.717, 1.165) is 19.5 Å². The molecule has 8 aromatic rings. The van der Waals surface area contributed by atoms with Gasteiger partial charge in [0, 0.05) is 35.5 Å². The minimum atomic E-state index is -0.406. The van der Waals surface area contributed by atoms with E-state index in [0.29, 0.717) is 0 Å². The molecule has 0 bridgehead atoms. The van der Waals surface area contributed by atoms with Crippen LogP contribution >= 0.6 is 0 Å². The van der Waals surface area contributed by atoms with Gasteiger partial charge in [-0.25, -0.2) is 0 Å². The second-order valence-electron chi connectivity index (χ2n) is 12.7. The molecule has 2 nitrogen and oxygen atoms in total. The van der Waals surface area contributed by atoms with Crippen molar-refractivity contribution in [1.29, 1.82) is 0 Å². The van der Waals surface area contributed by atoms with E-state index in [1.165, 1.54) is 66.6 Å². The maximum atomic E-state index is 2.53. The third kappa shape index (κ3) is 5.55. The van der Waals surface area contributed by atoms with E-state index in [-0.39, 0.29) is 0 Å². The Morgan fingerprint density at radius 2 is 0.780 bits per heavy atom. The van der Waals surface area contributed by atoms with Gasteiger partial charge in [0.15, 0.2) is 0 Å². The third-order valence-corrected chi connectivity index (χ3v) is 10.1. The first kappa shape index (κ1) is 32.9. The Morgan fingerprint density at radius 1 is 0.420 bits per heavy atom. The van der Waals surface area contributed by atoms with Crippen molar-refractivity contribution in [2.75, 3.05) is 0 Å². The van der Waals surface area contributed by atoms with Gasteiger partial charge in [0.05, 0.1) is 0 Å². The summed E-state index contributed by atoms with van der Waals surface area (Å²) in [6.07, 6.45) is 1.03. The number of nitrogens with zero attached hydrogens (tertiary/aromatic N) is 2. The summed E-state index contributed by atoms with van der Waals surface area (Å²) in [6.45, 7) is 10.4. The molecule has 0 radical (unpaired) electrons. The van der Waals surface area contributed by atoms with Crippen molar-refractivity contribution >= 4 is 21.8 Å². The zero-order chi connectivity index (χ0) is 34.5. The Labute approximate surface area is 297 Å². The second kappa shape index (κ2) is 14.5. The van der Waals surface area contributed by atoms with E-state index in [1.807, 2.05) is 13.8 Å². The van der Waals surface area contributed by atoms with Crippen LogP contribution in [0.1, 0.15) is 61.3 Å². The van der Waals surface area contributed by atoms with E-state index >= 15 is 0 Å². The van der Waals surface area contributed by atoms with E-state index in [1.54, 1.807) is 0 Å². The van der Waals surface area contributed by atoms with Gasteiger partial charge in [-0.1, -0.05) is 159 Å². The molecular formula is C48H46N2. The maximum absolute atomic E-state index is 2.53. The van der Waals surface area contributed by atoms with Gasteiger partial charge in [-0.05, 0) is 88.7 Å². The molecule has 1 aliphatic carbocycles. The molecule has 0 aliphatic heterocycles. The molecule has 0 fully saturated rings. The van der Waals surface area contributed by atoms with Crippen molar-refractivity contribution in [3.8, 4) is 11.1 Å². The molecule has 6 aromatic carbocycles. The Balaban J connectivity index is 0.000000219. The SMILES string of the molecule is CC.CCn1c(C2(c3cc4ccccc4n3CC)c3ccccc3-c3ccccc32)cc2ccccc21.c1ccc(Cc2ccccc2)cc1. The van der Waals surface area contributed by atoms with Crippen LogP contribution in [0, 0.1) is 0 Å². The van der Waals surface area contributed by atoms with Crippen LogP contribution in [-0.2, 0) is 24.9 Å². The Hall–Kier alpha value is -5.60. The first-order valence-corrected chi connectivity index (χ1v) is 18.2. The molecule has 9 rings (SSSR count). The normalized spacial score (nSPS) is 12.4. The quantitative estimate of drug-likeness (QED) is 0.169. The molecule has 248 valence electrons. The zero-order valence-corrected chi connectivity index (χ0v) is 29.7. The van der Waals surface area contributed by atoms with Crippen LogP contribution < -0.4 is 0 Å². The summed E-state index contributed by atoms with van der Waals surface area (Å²) in [5, 5.41) is 2.59. The minimum Gasteiger partial charge on any atom is -0.343 e. The molecule has 0 atom stereocenters. The van der Waals surface area contributed by atoms with Crippen LogP contribution in [0.15, 0.2) is 170 Å². The molecule has 50 heavy (non-hydrogen) atoms. The Kier molecular flexibility index (Phi) is 9.54. The average Bonchev–Trinajstić information content (AvgIpc) is 3.85. The predicted molar refractivity (Wildman–Crippen MR) is 213 cm³/mol. The van der Waals surface area contributed by atoms with E-state index in [2.05, 4.69) is 193 Å². The highest BCUT2D eigenvalue weighted by atomic mass is 15.0. The number of aromatic nitrogens is 2. The lowest BCUT2D eigenvalue weighted by molar-refractivity contribution is 0.595. The van der Waals surface area contributed by atoms with Gasteiger partial charge < -0.3 is 9.13 Å². The molecule has 0 saturated carbocycles. The number of hydrogen-bond donors (Lipinski definition) is 0. The lowest BCUT2D eigenvalue weighted by Crippen LogP contribution is -2.33. The van der Waals surface area contributed by atoms with Gasteiger partial charge in [0.1, 0.15) is 5.41 Å². The number of aryl methyl sites for hydroxylation is 2. The predicted octanol–water partition coefficient (Wildman–Crippen LogP) is 12.3. The summed E-state index contributed by atoms with van der Waals surface area (Å²) in [5.74, 6) is 0. The van der Waals surface area contributed by atoms with Crippen molar-refractivity contribution in [1.82, 2.24) is 9.13 Å². The number of hydrogen-bond acceptors (Lipinski definition) is 0. The molecule has 1 aliphatic rings. The molecule has 0 saturated heterocycles. The largest absolute Gasteiger partial charge is 0.343 e. The van der Waals surface area contributed by atoms with Gasteiger partial charge >= 0.3 is 0 Å². The van der Waals surface area contributed by atoms with Crippen LogP contribution in [-0.4, -0.2) is 9.13 Å². The first-order chi connectivity index (χ1) is 24.7. The summed E-state index contributed by atoms with van der Waals surface area (Å²) in [4.78, 5) is 0. The average molecular weight is 651 g/mol. The van der Waals surface area contributed by atoms with Crippen LogP contribution in [0.5, 0.6) is 0 Å². The number of fused-ring (bicyclic) bond motifs is 5. The zero-order valence-electron chi connectivity index (χ0n) is 29.7. The van der Waals surface area contributed by atoms with Gasteiger partial charge in [-0.2, -0.15) is 0 Å². The van der Waals surface area contributed by atoms with Crippen molar-refractivity contribution < 1.29 is 0 Å². The fourth-order valence-corrected chi connectivity index (χ4v) is 8.07. The second-order valence-corrected chi connectivity index (χ2v) is 12.7. The highest BCUT2D eigenvalue weighted by molar-refractivity contribution is 5.91. The number of para-hydroxylation sites is 2. The lowest BCUT2D eigenvalue weighted by atomic mass is 9.72. The van der Waals surface area contributed by atoms with Crippen LogP contribution in [0.3, 0.4) is 0 Å². The van der Waals surface area contributed by atoms with Crippen LogP contribution in [0.4, 0.5) is 0 Å². The highest BCUT2D eigenvalue weighted by Gasteiger charge is 2.49. The van der Waals surface area contributed by atoms with Crippen molar-refractivity contribution in [3.63, 3.8) is 0 Å². The maximum Gasteiger partial charge on any atom is 0.102 e. The van der Waals surface area contributed by atoms with Crippen LogP contribution in [0.2, 0.25) is 0 Å². The van der Waals surface area contributed by atoms with Gasteiger partial charge in [0.25, 0.3) is 0 Å². The van der Waals surface area contributed by atoms with Crippen molar-refractivity contribution in [2.45, 2.75) is 52.6 Å². The summed E-state index contributed by atoms with van der Waals surface area (Å²) in [5.41, 5.74) is 13.0. The van der Waals surface area contributed by atoms with Crippen molar-refractivity contribution in [2.24, 2.45) is 0 Å². The monoisotopic (exact) mass is 650 g/mol. The molecule has 0 unspecified atom stereocenters. The molecule has 2 heteroatoms. The molecule has 2 aromatic heterocycles. The summed E-state index contributed by atoms with van der Waals surface area (Å²) >= 11 is 0. The molecular weight excluding hydrogens is 605 g/mol. The fraction of sp³-hybridized carbons (Fsp3) is 0.167. The standard InChI is InChI=1S/C33H28N2.C13H12.C2H6/c1-3-34-29-19-11-5-13-23(29)21-31(34)33(32-22-24-14-6-12-20-30(24)35(32)4-2)27-17-9-7-15-25(27)26-16-8-10-18-28(26)33;1-3-7-12(8-4-1)11-13-9-5-2-6-10-13;1-2/h5-22H,3-4H2,1-2H3;1-10H,11H2;1-2H3. The van der Waals surface area contributed by atoms with Gasteiger partial charge in [-0.3, -0.25) is 0 Å². The molecule has 2 heterocycles. The molecule has 0 N–H and O–H groups in total. The van der Waals surface area contributed by atoms with Crippen molar-refractivity contribution in [3.05, 3.63) is 203 Å². The number of rotatable bonds is 6.